The van der Waals surface area contributed by atoms with Crippen LogP contribution in [0, 0.1) is 11.3 Å². The smallest absolute Gasteiger partial charge is 0.297 e. The van der Waals surface area contributed by atoms with Gasteiger partial charge in [-0.2, -0.15) is 18.4 Å². The molecule has 9 heteroatoms. The van der Waals surface area contributed by atoms with Gasteiger partial charge in [0.25, 0.3) is 5.91 Å². The number of carbonyl (C=O) groups is 1. The molecular weight excluding hydrogens is 347 g/mol. The largest absolute Gasteiger partial charge is 0.446 e. The number of nitrogens with zero attached hydrogens (tertiary/aromatic N) is 2. The van der Waals surface area contributed by atoms with Crippen LogP contribution >= 0.6 is 23.1 Å². The van der Waals surface area contributed by atoms with Crippen LogP contribution in [-0.2, 0) is 4.79 Å². The minimum atomic E-state index is -4.36. The van der Waals surface area contributed by atoms with E-state index in [1.54, 1.807) is 11.4 Å². The highest BCUT2D eigenvalue weighted by molar-refractivity contribution is 8.00. The molecule has 23 heavy (non-hydrogen) atoms. The van der Waals surface area contributed by atoms with Crippen molar-refractivity contribution in [1.82, 2.24) is 4.98 Å². The molecule has 4 nitrogen and oxygen atoms in total. The fraction of sp³-hybridized carbons (Fsp3) is 0.0714. The predicted octanol–water partition coefficient (Wildman–Crippen LogP) is 4.30. The van der Waals surface area contributed by atoms with Crippen molar-refractivity contribution in [2.24, 2.45) is 0 Å². The minimum absolute atomic E-state index is 0.0281. The number of carbonyl (C=O) groups excluding carboxylic acids is 1. The molecule has 1 N–H and O–H groups in total. The number of benzene rings is 1. The van der Waals surface area contributed by atoms with Crippen molar-refractivity contribution in [2.75, 3.05) is 5.32 Å². The van der Waals surface area contributed by atoms with E-state index in [1.165, 1.54) is 47.9 Å². The number of aromatic nitrogens is 1. The molecule has 0 saturated carbocycles. The molecule has 0 atom stereocenters. The van der Waals surface area contributed by atoms with Gasteiger partial charge in [0.1, 0.15) is 11.6 Å². The molecule has 0 saturated heterocycles. The fourth-order valence-corrected chi connectivity index (χ4v) is 2.59. The van der Waals surface area contributed by atoms with Crippen LogP contribution < -0.4 is 5.32 Å². The van der Waals surface area contributed by atoms with Crippen LogP contribution in [0.4, 0.5) is 18.3 Å². The van der Waals surface area contributed by atoms with Crippen LogP contribution in [-0.4, -0.2) is 16.4 Å². The summed E-state index contributed by atoms with van der Waals surface area (Å²) < 4.78 is 36.7. The summed E-state index contributed by atoms with van der Waals surface area (Å²) in [5, 5.41) is 13.5. The monoisotopic (exact) mass is 355 g/mol. The summed E-state index contributed by atoms with van der Waals surface area (Å²) in [6, 6.07) is 7.12. The Kier molecular flexibility index (Phi) is 5.41. The topological polar surface area (TPSA) is 65.8 Å². The molecule has 1 aromatic carbocycles. The van der Waals surface area contributed by atoms with E-state index in [2.05, 4.69) is 10.3 Å². The third kappa shape index (κ3) is 5.43. The van der Waals surface area contributed by atoms with Gasteiger partial charge >= 0.3 is 5.51 Å². The van der Waals surface area contributed by atoms with Crippen molar-refractivity contribution in [3.8, 4) is 6.07 Å². The molecule has 0 fully saturated rings. The van der Waals surface area contributed by atoms with Gasteiger partial charge in [-0.05, 0) is 35.5 Å². The number of nitriles is 1. The van der Waals surface area contributed by atoms with Gasteiger partial charge in [0, 0.05) is 16.5 Å². The summed E-state index contributed by atoms with van der Waals surface area (Å²) >= 11 is 0.975. The fourth-order valence-electron chi connectivity index (χ4n) is 1.53. The van der Waals surface area contributed by atoms with Gasteiger partial charge in [0.2, 0.25) is 0 Å². The molecule has 0 radical (unpaired) electrons. The van der Waals surface area contributed by atoms with Crippen LogP contribution in [0.5, 0.6) is 0 Å². The normalized spacial score (nSPS) is 11.8. The summed E-state index contributed by atoms with van der Waals surface area (Å²) in [7, 11) is 0. The highest BCUT2D eigenvalue weighted by atomic mass is 32.2. The maximum Gasteiger partial charge on any atom is 0.446 e. The average molecular weight is 355 g/mol. The number of nitrogens with one attached hydrogen (secondary N) is 1. The lowest BCUT2D eigenvalue weighted by molar-refractivity contribution is -0.112. The third-order valence-corrected chi connectivity index (χ3v) is 3.87. The van der Waals surface area contributed by atoms with E-state index < -0.39 is 11.4 Å². The number of halogens is 3. The summed E-state index contributed by atoms with van der Waals surface area (Å²) in [5.41, 5.74) is -4.08. The molecule has 0 aliphatic carbocycles. The SMILES string of the molecule is N#C/C(=C\c1ccc(SC(F)(F)F)cc1)C(=O)Nc1nccs1. The number of thiazole rings is 1. The second-order valence-electron chi connectivity index (χ2n) is 4.08. The van der Waals surface area contributed by atoms with Gasteiger partial charge < -0.3 is 0 Å². The zero-order chi connectivity index (χ0) is 16.9. The number of hydrogen-bond donors (Lipinski definition) is 1. The number of rotatable bonds is 4. The number of anilines is 1. The summed E-state index contributed by atoms with van der Waals surface area (Å²) in [6.45, 7) is 0. The standard InChI is InChI=1S/C14H8F3N3OS2/c15-14(16,17)23-11-3-1-9(2-4-11)7-10(8-18)12(21)20-13-19-5-6-22-13/h1-7H,(H,19,20,21)/b10-7+. The van der Waals surface area contributed by atoms with Crippen LogP contribution in [0.2, 0.25) is 0 Å². The zero-order valence-electron chi connectivity index (χ0n) is 11.3. The highest BCUT2D eigenvalue weighted by Crippen LogP contribution is 2.36. The van der Waals surface area contributed by atoms with Gasteiger partial charge in [0.15, 0.2) is 5.13 Å². The van der Waals surface area contributed by atoms with E-state index in [9.17, 15) is 18.0 Å². The van der Waals surface area contributed by atoms with Crippen LogP contribution in [0.1, 0.15) is 5.56 Å². The predicted molar refractivity (Wildman–Crippen MR) is 82.7 cm³/mol. The molecule has 0 aliphatic rings. The van der Waals surface area contributed by atoms with Gasteiger partial charge in [-0.3, -0.25) is 10.1 Å². The molecule has 1 aromatic heterocycles. The van der Waals surface area contributed by atoms with E-state index >= 15 is 0 Å². The van der Waals surface area contributed by atoms with Crippen molar-refractivity contribution in [2.45, 2.75) is 10.4 Å². The molecule has 1 heterocycles. The molecule has 0 unspecified atom stereocenters. The van der Waals surface area contributed by atoms with E-state index in [0.717, 1.165) is 0 Å². The molecule has 118 valence electrons. The van der Waals surface area contributed by atoms with E-state index in [1.807, 2.05) is 0 Å². The number of thioether (sulfide) groups is 1. The van der Waals surface area contributed by atoms with E-state index in [4.69, 9.17) is 5.26 Å². The Balaban J connectivity index is 2.11. The zero-order valence-corrected chi connectivity index (χ0v) is 12.9. The van der Waals surface area contributed by atoms with E-state index in [-0.39, 0.29) is 22.2 Å². The van der Waals surface area contributed by atoms with Crippen LogP contribution in [0.25, 0.3) is 6.08 Å². The van der Waals surface area contributed by atoms with Crippen molar-refractivity contribution in [1.29, 1.82) is 5.26 Å². The number of amides is 1. The summed E-state index contributed by atoms with van der Waals surface area (Å²) in [5.74, 6) is -0.629. The van der Waals surface area contributed by atoms with Crippen molar-refractivity contribution in [3.05, 3.63) is 47.0 Å². The first kappa shape index (κ1) is 17.1. The quantitative estimate of drug-likeness (QED) is 0.504. The molecular formula is C14H8F3N3OS2. The Hall–Kier alpha value is -2.31. The van der Waals surface area contributed by atoms with Crippen molar-refractivity contribution >= 4 is 40.2 Å². The molecule has 0 bridgehead atoms. The first-order valence-electron chi connectivity index (χ1n) is 6.06. The molecule has 0 spiro atoms. The maximum atomic E-state index is 12.2. The minimum Gasteiger partial charge on any atom is -0.297 e. The molecule has 0 aliphatic heterocycles. The van der Waals surface area contributed by atoms with Gasteiger partial charge in [-0.1, -0.05) is 12.1 Å². The Bertz CT molecular complexity index is 747. The third-order valence-electron chi connectivity index (χ3n) is 2.44. The second kappa shape index (κ2) is 7.30. The molecule has 1 amide bonds. The first-order valence-corrected chi connectivity index (χ1v) is 7.75. The summed E-state index contributed by atoms with van der Waals surface area (Å²) in [6.07, 6.45) is 2.80. The highest BCUT2D eigenvalue weighted by Gasteiger charge is 2.28. The lowest BCUT2D eigenvalue weighted by atomic mass is 10.1. The molecule has 2 rings (SSSR count). The Labute approximate surface area is 137 Å². The van der Waals surface area contributed by atoms with Crippen molar-refractivity contribution < 1.29 is 18.0 Å². The lowest BCUT2D eigenvalue weighted by Crippen LogP contribution is -2.13. The van der Waals surface area contributed by atoms with Gasteiger partial charge in [-0.15, -0.1) is 11.3 Å². The van der Waals surface area contributed by atoms with Gasteiger partial charge in [-0.25, -0.2) is 4.98 Å². The number of hydrogen-bond acceptors (Lipinski definition) is 5. The average Bonchev–Trinajstić information content (AvgIpc) is 2.97. The maximum absolute atomic E-state index is 12.2. The second-order valence-corrected chi connectivity index (χ2v) is 6.11. The van der Waals surface area contributed by atoms with Crippen LogP contribution in [0.3, 0.4) is 0 Å². The number of alkyl halides is 3. The van der Waals surface area contributed by atoms with Crippen LogP contribution in [0.15, 0.2) is 46.3 Å². The van der Waals surface area contributed by atoms with Gasteiger partial charge in [0.05, 0.1) is 0 Å². The lowest BCUT2D eigenvalue weighted by Gasteiger charge is -2.05. The summed E-state index contributed by atoms with van der Waals surface area (Å²) in [4.78, 5) is 15.8. The Morgan fingerprint density at radius 2 is 2.04 bits per heavy atom. The Morgan fingerprint density at radius 1 is 1.35 bits per heavy atom. The first-order chi connectivity index (χ1) is 10.9. The Morgan fingerprint density at radius 3 is 2.57 bits per heavy atom. The van der Waals surface area contributed by atoms with E-state index in [0.29, 0.717) is 10.7 Å². The van der Waals surface area contributed by atoms with Crippen molar-refractivity contribution in [3.63, 3.8) is 0 Å². The molecule has 2 aromatic rings.